The zero-order valence-electron chi connectivity index (χ0n) is 11.0. The van der Waals surface area contributed by atoms with Gasteiger partial charge in [-0.1, -0.05) is 24.3 Å². The lowest BCUT2D eigenvalue weighted by Crippen LogP contribution is -2.35. The molecule has 2 N–H and O–H groups in total. The van der Waals surface area contributed by atoms with Gasteiger partial charge >= 0.3 is 0 Å². The number of nitrogens with zero attached hydrogens (tertiary/aromatic N) is 1. The fourth-order valence-corrected chi connectivity index (χ4v) is 2.45. The predicted molar refractivity (Wildman–Crippen MR) is 78.7 cm³/mol. The number of hydrogen-bond donors (Lipinski definition) is 1. The number of amides is 1. The smallest absolute Gasteiger partial charge is 0.257 e. The van der Waals surface area contributed by atoms with Gasteiger partial charge in [0.15, 0.2) is 0 Å². The maximum Gasteiger partial charge on any atom is 0.257 e. The van der Waals surface area contributed by atoms with Crippen LogP contribution in [0, 0.1) is 0 Å². The fourth-order valence-electron chi connectivity index (χ4n) is 2.45. The highest BCUT2D eigenvalue weighted by Crippen LogP contribution is 2.20. The molecule has 1 amide bonds. The molecule has 1 aliphatic heterocycles. The molecular formula is C15H17ClN2O2. The van der Waals surface area contributed by atoms with Crippen molar-refractivity contribution in [2.75, 3.05) is 6.54 Å². The zero-order valence-corrected chi connectivity index (χ0v) is 11.9. The summed E-state index contributed by atoms with van der Waals surface area (Å²) in [6.07, 6.45) is 2.40. The number of furan rings is 1. The Balaban J connectivity index is 0.00000147. The summed E-state index contributed by atoms with van der Waals surface area (Å²) in [6.45, 7) is 1.73. The van der Waals surface area contributed by atoms with Crippen molar-refractivity contribution in [1.29, 1.82) is 0 Å². The Hall–Kier alpha value is -1.78. The van der Waals surface area contributed by atoms with Crippen molar-refractivity contribution in [3.63, 3.8) is 0 Å². The van der Waals surface area contributed by atoms with E-state index in [9.17, 15) is 4.79 Å². The number of hydrogen-bond acceptors (Lipinski definition) is 3. The monoisotopic (exact) mass is 292 g/mol. The molecule has 2 aromatic rings. The molecule has 0 fully saturated rings. The van der Waals surface area contributed by atoms with Crippen LogP contribution in [-0.2, 0) is 19.5 Å². The van der Waals surface area contributed by atoms with E-state index < -0.39 is 0 Å². The van der Waals surface area contributed by atoms with Crippen LogP contribution in [0.25, 0.3) is 0 Å². The topological polar surface area (TPSA) is 59.5 Å². The van der Waals surface area contributed by atoms with E-state index in [1.807, 2.05) is 17.0 Å². The summed E-state index contributed by atoms with van der Waals surface area (Å²) in [6, 6.07) is 9.98. The summed E-state index contributed by atoms with van der Waals surface area (Å²) < 4.78 is 5.22. The number of halogens is 1. The van der Waals surface area contributed by atoms with Crippen LogP contribution in [0.1, 0.15) is 27.2 Å². The number of rotatable bonds is 2. The van der Waals surface area contributed by atoms with Gasteiger partial charge in [0.05, 0.1) is 12.1 Å². The number of nitrogens with two attached hydrogens (primary N) is 1. The average Bonchev–Trinajstić information content (AvgIpc) is 2.95. The lowest BCUT2D eigenvalue weighted by molar-refractivity contribution is 0.0734. The molecule has 0 saturated heterocycles. The molecule has 20 heavy (non-hydrogen) atoms. The van der Waals surface area contributed by atoms with Crippen molar-refractivity contribution in [3.8, 4) is 0 Å². The van der Waals surface area contributed by atoms with E-state index in [0.717, 1.165) is 13.0 Å². The van der Waals surface area contributed by atoms with Crippen LogP contribution in [0.15, 0.2) is 41.0 Å². The van der Waals surface area contributed by atoms with Gasteiger partial charge in [0.2, 0.25) is 0 Å². The van der Waals surface area contributed by atoms with Gasteiger partial charge in [-0.25, -0.2) is 0 Å². The SMILES string of the molecule is Cl.NCc1cc(C(=O)N2CCc3ccccc3C2)co1. The van der Waals surface area contributed by atoms with Gasteiger partial charge in [-0.2, -0.15) is 0 Å². The van der Waals surface area contributed by atoms with Crippen molar-refractivity contribution in [2.24, 2.45) is 5.73 Å². The molecule has 0 bridgehead atoms. The molecule has 3 rings (SSSR count). The van der Waals surface area contributed by atoms with Crippen molar-refractivity contribution in [2.45, 2.75) is 19.5 Å². The Morgan fingerprint density at radius 3 is 2.75 bits per heavy atom. The van der Waals surface area contributed by atoms with Crippen LogP contribution in [0.5, 0.6) is 0 Å². The van der Waals surface area contributed by atoms with Crippen LogP contribution >= 0.6 is 12.4 Å². The minimum absolute atomic E-state index is 0. The summed E-state index contributed by atoms with van der Waals surface area (Å²) >= 11 is 0. The summed E-state index contributed by atoms with van der Waals surface area (Å²) in [4.78, 5) is 14.2. The molecule has 0 aliphatic carbocycles. The molecule has 1 aromatic carbocycles. The van der Waals surface area contributed by atoms with Crippen molar-refractivity contribution >= 4 is 18.3 Å². The third-order valence-corrected chi connectivity index (χ3v) is 3.52. The van der Waals surface area contributed by atoms with E-state index >= 15 is 0 Å². The van der Waals surface area contributed by atoms with Gasteiger partial charge in [0.1, 0.15) is 12.0 Å². The standard InChI is InChI=1S/C15H16N2O2.ClH/c16-8-14-7-13(10-19-14)15(18)17-6-5-11-3-1-2-4-12(11)9-17;/h1-4,7,10H,5-6,8-9,16H2;1H. The van der Waals surface area contributed by atoms with Crippen LogP contribution in [0.4, 0.5) is 0 Å². The van der Waals surface area contributed by atoms with E-state index in [1.54, 1.807) is 6.07 Å². The van der Waals surface area contributed by atoms with Gasteiger partial charge in [0, 0.05) is 13.1 Å². The maximum atomic E-state index is 12.4. The quantitative estimate of drug-likeness (QED) is 0.924. The summed E-state index contributed by atoms with van der Waals surface area (Å²) in [5, 5.41) is 0. The molecule has 0 atom stereocenters. The Morgan fingerprint density at radius 1 is 1.30 bits per heavy atom. The van der Waals surface area contributed by atoms with Crippen molar-refractivity contribution in [3.05, 3.63) is 59.0 Å². The van der Waals surface area contributed by atoms with E-state index in [2.05, 4.69) is 12.1 Å². The summed E-state index contributed by atoms with van der Waals surface area (Å²) in [5.74, 6) is 0.652. The molecule has 0 unspecified atom stereocenters. The van der Waals surface area contributed by atoms with Crippen LogP contribution in [0.2, 0.25) is 0 Å². The molecule has 0 spiro atoms. The number of carbonyl (C=O) groups excluding carboxylic acids is 1. The Bertz CT molecular complexity index is 609. The second-order valence-corrected chi connectivity index (χ2v) is 4.75. The van der Waals surface area contributed by atoms with Crippen LogP contribution in [-0.4, -0.2) is 17.4 Å². The molecule has 1 aliphatic rings. The Morgan fingerprint density at radius 2 is 2.05 bits per heavy atom. The Labute approximate surface area is 124 Å². The van der Waals surface area contributed by atoms with Gasteiger partial charge in [-0.05, 0) is 23.6 Å². The van der Waals surface area contributed by atoms with E-state index in [-0.39, 0.29) is 18.3 Å². The minimum Gasteiger partial charge on any atom is -0.467 e. The second-order valence-electron chi connectivity index (χ2n) is 4.75. The second kappa shape index (κ2) is 6.11. The van der Waals surface area contributed by atoms with Gasteiger partial charge < -0.3 is 15.1 Å². The number of benzene rings is 1. The lowest BCUT2D eigenvalue weighted by atomic mass is 9.99. The normalized spacial score (nSPS) is 13.6. The Kier molecular flexibility index (Phi) is 4.47. The van der Waals surface area contributed by atoms with Crippen LogP contribution < -0.4 is 5.73 Å². The zero-order chi connectivity index (χ0) is 13.2. The molecule has 2 heterocycles. The van der Waals surface area contributed by atoms with Crippen molar-refractivity contribution in [1.82, 2.24) is 4.90 Å². The molecule has 106 valence electrons. The summed E-state index contributed by atoms with van der Waals surface area (Å²) in [7, 11) is 0. The molecule has 0 radical (unpaired) electrons. The van der Waals surface area contributed by atoms with Gasteiger partial charge in [-0.3, -0.25) is 4.79 Å². The van der Waals surface area contributed by atoms with E-state index in [4.69, 9.17) is 10.2 Å². The highest BCUT2D eigenvalue weighted by atomic mass is 35.5. The minimum atomic E-state index is 0. The van der Waals surface area contributed by atoms with E-state index in [1.165, 1.54) is 17.4 Å². The van der Waals surface area contributed by atoms with Crippen LogP contribution in [0.3, 0.4) is 0 Å². The van der Waals surface area contributed by atoms with Gasteiger partial charge in [-0.15, -0.1) is 12.4 Å². The average molecular weight is 293 g/mol. The highest BCUT2D eigenvalue weighted by molar-refractivity contribution is 5.94. The summed E-state index contributed by atoms with van der Waals surface area (Å²) in [5.41, 5.74) is 8.63. The van der Waals surface area contributed by atoms with E-state index in [0.29, 0.717) is 24.4 Å². The first kappa shape index (κ1) is 14.6. The first-order valence-electron chi connectivity index (χ1n) is 6.41. The third kappa shape index (κ3) is 2.71. The third-order valence-electron chi connectivity index (χ3n) is 3.52. The highest BCUT2D eigenvalue weighted by Gasteiger charge is 2.22. The fraction of sp³-hybridized carbons (Fsp3) is 0.267. The number of carbonyl (C=O) groups is 1. The predicted octanol–water partition coefficient (Wildman–Crippen LogP) is 2.36. The maximum absolute atomic E-state index is 12.4. The lowest BCUT2D eigenvalue weighted by Gasteiger charge is -2.28. The van der Waals surface area contributed by atoms with Crippen molar-refractivity contribution < 1.29 is 9.21 Å². The number of fused-ring (bicyclic) bond motifs is 1. The first-order valence-corrected chi connectivity index (χ1v) is 6.41. The molecule has 0 saturated carbocycles. The molecule has 1 aromatic heterocycles. The largest absolute Gasteiger partial charge is 0.467 e. The first-order chi connectivity index (χ1) is 9.28. The molecule has 4 nitrogen and oxygen atoms in total. The molecular weight excluding hydrogens is 276 g/mol. The van der Waals surface area contributed by atoms with Gasteiger partial charge in [0.25, 0.3) is 5.91 Å². The molecule has 5 heteroatoms.